The first kappa shape index (κ1) is 12.9. The van der Waals surface area contributed by atoms with Crippen molar-refractivity contribution in [1.82, 2.24) is 10.6 Å². The van der Waals surface area contributed by atoms with Crippen LogP contribution >= 0.6 is 0 Å². The zero-order valence-corrected chi connectivity index (χ0v) is 11.1. The topological polar surface area (TPSA) is 44.4 Å². The van der Waals surface area contributed by atoms with Crippen molar-refractivity contribution in [3.63, 3.8) is 0 Å². The lowest BCUT2D eigenvalue weighted by molar-refractivity contribution is 0.0954. The molecule has 0 heterocycles. The van der Waals surface area contributed by atoms with E-state index in [1.165, 1.54) is 12.8 Å². The Morgan fingerprint density at radius 1 is 1.22 bits per heavy atom. The highest BCUT2D eigenvalue weighted by molar-refractivity contribution is 5.94. The second kappa shape index (κ2) is 5.87. The largest absolute Gasteiger partial charge is 0.378 e. The Hall–Kier alpha value is -1.55. The molecule has 0 saturated heterocycles. The molecule has 1 saturated carbocycles. The van der Waals surface area contributed by atoms with Crippen molar-refractivity contribution in [2.24, 2.45) is 0 Å². The fourth-order valence-corrected chi connectivity index (χ4v) is 1.75. The maximum Gasteiger partial charge on any atom is 0.251 e. The van der Waals surface area contributed by atoms with Gasteiger partial charge in [-0.1, -0.05) is 0 Å². The van der Waals surface area contributed by atoms with Crippen molar-refractivity contribution < 1.29 is 4.79 Å². The normalized spacial score (nSPS) is 14.3. The molecule has 0 bridgehead atoms. The van der Waals surface area contributed by atoms with Crippen molar-refractivity contribution >= 4 is 11.6 Å². The molecule has 0 radical (unpaired) electrons. The Morgan fingerprint density at radius 3 is 2.44 bits per heavy atom. The van der Waals surface area contributed by atoms with E-state index in [9.17, 15) is 4.79 Å². The van der Waals surface area contributed by atoms with Crippen LogP contribution in [0.2, 0.25) is 0 Å². The number of anilines is 1. The van der Waals surface area contributed by atoms with Crippen LogP contribution in [0.1, 0.15) is 23.2 Å². The van der Waals surface area contributed by atoms with E-state index >= 15 is 0 Å². The van der Waals surface area contributed by atoms with Crippen molar-refractivity contribution in [3.05, 3.63) is 29.8 Å². The third-order valence-corrected chi connectivity index (χ3v) is 3.07. The molecule has 98 valence electrons. The monoisotopic (exact) mass is 247 g/mol. The molecular weight excluding hydrogens is 226 g/mol. The number of hydrogen-bond donors (Lipinski definition) is 2. The van der Waals surface area contributed by atoms with Gasteiger partial charge in [-0.2, -0.15) is 0 Å². The van der Waals surface area contributed by atoms with Gasteiger partial charge in [-0.3, -0.25) is 4.79 Å². The van der Waals surface area contributed by atoms with Gasteiger partial charge in [0, 0.05) is 44.5 Å². The van der Waals surface area contributed by atoms with Crippen LogP contribution in [0.5, 0.6) is 0 Å². The Bertz CT molecular complexity index is 396. The van der Waals surface area contributed by atoms with Gasteiger partial charge < -0.3 is 15.5 Å². The summed E-state index contributed by atoms with van der Waals surface area (Å²) < 4.78 is 0. The molecule has 1 aromatic rings. The number of benzene rings is 1. The molecule has 4 nitrogen and oxygen atoms in total. The zero-order valence-electron chi connectivity index (χ0n) is 11.1. The van der Waals surface area contributed by atoms with Crippen LogP contribution in [0.3, 0.4) is 0 Å². The molecular formula is C14H21N3O. The third-order valence-electron chi connectivity index (χ3n) is 3.07. The van der Waals surface area contributed by atoms with Crippen LogP contribution in [0.4, 0.5) is 5.69 Å². The molecule has 2 rings (SSSR count). The van der Waals surface area contributed by atoms with E-state index in [1.807, 2.05) is 43.3 Å². The van der Waals surface area contributed by atoms with Gasteiger partial charge in [0.15, 0.2) is 0 Å². The highest BCUT2D eigenvalue weighted by Gasteiger charge is 2.19. The summed E-state index contributed by atoms with van der Waals surface area (Å²) in [6, 6.07) is 8.33. The van der Waals surface area contributed by atoms with E-state index in [0.717, 1.165) is 12.2 Å². The molecule has 1 amide bonds. The Labute approximate surface area is 108 Å². The van der Waals surface area contributed by atoms with E-state index in [4.69, 9.17) is 0 Å². The summed E-state index contributed by atoms with van der Waals surface area (Å²) in [5.74, 6) is -0.00194. The first-order chi connectivity index (χ1) is 8.66. The second-order valence-corrected chi connectivity index (χ2v) is 4.93. The summed E-state index contributed by atoms with van der Waals surface area (Å²) in [6.07, 6.45) is 2.56. The van der Waals surface area contributed by atoms with Crippen LogP contribution in [-0.4, -0.2) is 39.1 Å². The van der Waals surface area contributed by atoms with Crippen molar-refractivity contribution in [2.45, 2.75) is 18.9 Å². The van der Waals surface area contributed by atoms with Crippen LogP contribution in [0.15, 0.2) is 24.3 Å². The summed E-state index contributed by atoms with van der Waals surface area (Å²) in [5.41, 5.74) is 1.81. The molecule has 0 aromatic heterocycles. The van der Waals surface area contributed by atoms with Crippen LogP contribution in [0, 0.1) is 0 Å². The fourth-order valence-electron chi connectivity index (χ4n) is 1.75. The first-order valence-electron chi connectivity index (χ1n) is 6.46. The average molecular weight is 247 g/mol. The van der Waals surface area contributed by atoms with E-state index in [0.29, 0.717) is 18.2 Å². The SMILES string of the molecule is CN(C)c1ccc(C(=O)NCCNC2CC2)cc1. The first-order valence-corrected chi connectivity index (χ1v) is 6.46. The van der Waals surface area contributed by atoms with E-state index in [2.05, 4.69) is 10.6 Å². The zero-order chi connectivity index (χ0) is 13.0. The predicted molar refractivity (Wildman–Crippen MR) is 74.1 cm³/mol. The number of rotatable bonds is 6. The second-order valence-electron chi connectivity index (χ2n) is 4.93. The maximum atomic E-state index is 11.8. The van der Waals surface area contributed by atoms with Gasteiger partial charge in [-0.25, -0.2) is 0 Å². The molecule has 1 fully saturated rings. The summed E-state index contributed by atoms with van der Waals surface area (Å²) >= 11 is 0. The molecule has 18 heavy (non-hydrogen) atoms. The van der Waals surface area contributed by atoms with Gasteiger partial charge in [-0.15, -0.1) is 0 Å². The Kier molecular flexibility index (Phi) is 4.20. The third kappa shape index (κ3) is 3.74. The van der Waals surface area contributed by atoms with Crippen LogP contribution < -0.4 is 15.5 Å². The van der Waals surface area contributed by atoms with Gasteiger partial charge in [0.05, 0.1) is 0 Å². The van der Waals surface area contributed by atoms with Gasteiger partial charge >= 0.3 is 0 Å². The van der Waals surface area contributed by atoms with Crippen molar-refractivity contribution in [2.75, 3.05) is 32.1 Å². The number of nitrogens with one attached hydrogen (secondary N) is 2. The average Bonchev–Trinajstić information content (AvgIpc) is 3.18. The van der Waals surface area contributed by atoms with Gasteiger partial charge in [-0.05, 0) is 37.1 Å². The van der Waals surface area contributed by atoms with Crippen LogP contribution in [0.25, 0.3) is 0 Å². The number of amides is 1. The van der Waals surface area contributed by atoms with Crippen molar-refractivity contribution in [1.29, 1.82) is 0 Å². The smallest absolute Gasteiger partial charge is 0.251 e. The molecule has 0 atom stereocenters. The molecule has 0 aliphatic heterocycles. The number of carbonyl (C=O) groups is 1. The Balaban J connectivity index is 1.76. The lowest BCUT2D eigenvalue weighted by Gasteiger charge is -2.12. The number of hydrogen-bond acceptors (Lipinski definition) is 3. The van der Waals surface area contributed by atoms with Gasteiger partial charge in [0.25, 0.3) is 5.91 Å². The fraction of sp³-hybridized carbons (Fsp3) is 0.500. The van der Waals surface area contributed by atoms with Gasteiger partial charge in [0.1, 0.15) is 0 Å². The minimum Gasteiger partial charge on any atom is -0.378 e. The minimum atomic E-state index is -0.00194. The molecule has 1 aliphatic carbocycles. The predicted octanol–water partition coefficient (Wildman–Crippen LogP) is 1.23. The molecule has 0 unspecified atom stereocenters. The summed E-state index contributed by atoms with van der Waals surface area (Å²) in [7, 11) is 3.97. The molecule has 2 N–H and O–H groups in total. The molecule has 0 spiro atoms. The number of nitrogens with zero attached hydrogens (tertiary/aromatic N) is 1. The standard InChI is InChI=1S/C14H21N3O/c1-17(2)13-7-3-11(4-8-13)14(18)16-10-9-15-12-5-6-12/h3-4,7-8,12,15H,5-6,9-10H2,1-2H3,(H,16,18). The lowest BCUT2D eigenvalue weighted by Crippen LogP contribution is -2.32. The summed E-state index contributed by atoms with van der Waals surface area (Å²) in [4.78, 5) is 13.8. The van der Waals surface area contributed by atoms with E-state index in [-0.39, 0.29) is 5.91 Å². The van der Waals surface area contributed by atoms with E-state index < -0.39 is 0 Å². The molecule has 1 aliphatic rings. The highest BCUT2D eigenvalue weighted by atomic mass is 16.1. The highest BCUT2D eigenvalue weighted by Crippen LogP contribution is 2.17. The minimum absolute atomic E-state index is 0.00194. The lowest BCUT2D eigenvalue weighted by atomic mass is 10.2. The van der Waals surface area contributed by atoms with E-state index in [1.54, 1.807) is 0 Å². The summed E-state index contributed by atoms with van der Waals surface area (Å²) in [6.45, 7) is 1.54. The van der Waals surface area contributed by atoms with Gasteiger partial charge in [0.2, 0.25) is 0 Å². The van der Waals surface area contributed by atoms with Crippen molar-refractivity contribution in [3.8, 4) is 0 Å². The number of carbonyl (C=O) groups excluding carboxylic acids is 1. The summed E-state index contributed by atoms with van der Waals surface area (Å²) in [5, 5.41) is 6.28. The quantitative estimate of drug-likeness (QED) is 0.743. The molecule has 1 aromatic carbocycles. The Morgan fingerprint density at radius 2 is 1.89 bits per heavy atom. The maximum absolute atomic E-state index is 11.8. The molecule has 4 heteroatoms. The van der Waals surface area contributed by atoms with Crippen LogP contribution in [-0.2, 0) is 0 Å².